The predicted molar refractivity (Wildman–Crippen MR) is 118 cm³/mol. The molecule has 148 valence electrons. The third-order valence-corrected chi connectivity index (χ3v) is 4.69. The summed E-state index contributed by atoms with van der Waals surface area (Å²) in [5.74, 6) is 6.23. The molecule has 0 bridgehead atoms. The number of carbonyl (C=O) groups excluding carboxylic acids is 1. The Kier molecular flexibility index (Phi) is 7.01. The number of thioether (sulfide) groups is 1. The molecule has 1 amide bonds. The van der Waals surface area contributed by atoms with Crippen LogP contribution in [0.25, 0.3) is 6.08 Å². The number of anilines is 2. The number of nitrogens with zero attached hydrogens (tertiary/aromatic N) is 4. The monoisotopic (exact) mass is 407 g/mol. The molecule has 0 spiro atoms. The van der Waals surface area contributed by atoms with Gasteiger partial charge in [-0.25, -0.2) is 10.1 Å². The van der Waals surface area contributed by atoms with Crippen LogP contribution in [-0.2, 0) is 4.79 Å². The maximum absolute atomic E-state index is 12.1. The summed E-state index contributed by atoms with van der Waals surface area (Å²) in [7, 11) is 0. The normalized spacial score (nSPS) is 11.2. The van der Waals surface area contributed by atoms with Gasteiger partial charge in [-0.15, -0.1) is 10.2 Å². The first-order valence-electron chi connectivity index (χ1n) is 8.82. The van der Waals surface area contributed by atoms with Gasteiger partial charge in [-0.05, 0) is 30.7 Å². The summed E-state index contributed by atoms with van der Waals surface area (Å²) in [6.07, 6.45) is 5.31. The molecule has 0 saturated carbocycles. The molecule has 0 aliphatic carbocycles. The maximum atomic E-state index is 12.1. The van der Waals surface area contributed by atoms with Crippen LogP contribution in [0.5, 0.6) is 0 Å². The second-order valence-corrected chi connectivity index (χ2v) is 6.98. The number of aryl methyl sites for hydroxylation is 1. The molecular weight excluding hydrogens is 386 g/mol. The topological polar surface area (TPSA) is 110 Å². The number of nitrogens with two attached hydrogens (primary N) is 1. The van der Waals surface area contributed by atoms with Crippen LogP contribution in [0, 0.1) is 6.92 Å². The molecule has 1 aromatic heterocycles. The summed E-state index contributed by atoms with van der Waals surface area (Å²) in [5, 5.41) is 15.2. The van der Waals surface area contributed by atoms with Gasteiger partial charge in [0.2, 0.25) is 11.1 Å². The number of nitrogen functional groups attached to an aromatic ring is 1. The highest BCUT2D eigenvalue weighted by molar-refractivity contribution is 7.99. The number of benzene rings is 2. The van der Waals surface area contributed by atoms with Crippen LogP contribution >= 0.6 is 11.8 Å². The lowest BCUT2D eigenvalue weighted by Crippen LogP contribution is -2.16. The van der Waals surface area contributed by atoms with Gasteiger partial charge < -0.3 is 11.2 Å². The molecule has 0 aliphatic rings. The van der Waals surface area contributed by atoms with E-state index in [9.17, 15) is 4.79 Å². The fraction of sp³-hybridized carbons (Fsp3) is 0.100. The molecule has 0 aliphatic heterocycles. The molecule has 29 heavy (non-hydrogen) atoms. The number of aromatic nitrogens is 3. The fourth-order valence-corrected chi connectivity index (χ4v) is 2.93. The summed E-state index contributed by atoms with van der Waals surface area (Å²) in [6.45, 7) is 1.99. The minimum Gasteiger partial charge on any atom is -0.334 e. The highest BCUT2D eigenvalue weighted by atomic mass is 32.2. The molecule has 9 heteroatoms. The van der Waals surface area contributed by atoms with E-state index in [4.69, 9.17) is 5.84 Å². The van der Waals surface area contributed by atoms with Gasteiger partial charge in [0.25, 0.3) is 5.95 Å². The van der Waals surface area contributed by atoms with Gasteiger partial charge in [-0.1, -0.05) is 65.9 Å². The highest BCUT2D eigenvalue weighted by Crippen LogP contribution is 2.17. The van der Waals surface area contributed by atoms with E-state index in [0.717, 1.165) is 16.8 Å². The molecule has 4 N–H and O–H groups in total. The average molecular weight is 408 g/mol. The van der Waals surface area contributed by atoms with E-state index in [1.54, 1.807) is 12.3 Å². The van der Waals surface area contributed by atoms with Gasteiger partial charge in [0.05, 0.1) is 5.75 Å². The van der Waals surface area contributed by atoms with Crippen LogP contribution < -0.4 is 16.6 Å². The summed E-state index contributed by atoms with van der Waals surface area (Å²) < 4.78 is 1.25. The highest BCUT2D eigenvalue weighted by Gasteiger charge is 2.12. The van der Waals surface area contributed by atoms with E-state index >= 15 is 0 Å². The van der Waals surface area contributed by atoms with Gasteiger partial charge >= 0.3 is 0 Å². The lowest BCUT2D eigenvalue weighted by atomic mass is 10.2. The molecule has 0 unspecified atom stereocenters. The Bertz CT molecular complexity index is 997. The van der Waals surface area contributed by atoms with E-state index in [1.165, 1.54) is 16.4 Å². The van der Waals surface area contributed by atoms with Gasteiger partial charge in [-0.3, -0.25) is 4.79 Å². The van der Waals surface area contributed by atoms with Crippen LogP contribution in [0.3, 0.4) is 0 Å². The van der Waals surface area contributed by atoms with Crippen molar-refractivity contribution in [1.82, 2.24) is 14.9 Å². The predicted octanol–water partition coefficient (Wildman–Crippen LogP) is 3.14. The van der Waals surface area contributed by atoms with Crippen molar-refractivity contribution in [2.45, 2.75) is 12.1 Å². The largest absolute Gasteiger partial charge is 0.334 e. The summed E-state index contributed by atoms with van der Waals surface area (Å²) in [6, 6.07) is 17.5. The number of hydrogen-bond acceptors (Lipinski definition) is 7. The number of hydrazone groups is 1. The van der Waals surface area contributed by atoms with Gasteiger partial charge in [0.1, 0.15) is 0 Å². The van der Waals surface area contributed by atoms with E-state index in [2.05, 4.69) is 26.0 Å². The van der Waals surface area contributed by atoms with Crippen molar-refractivity contribution in [3.63, 3.8) is 0 Å². The minimum atomic E-state index is -0.152. The SMILES string of the molecule is Cc1ccc(NC(=O)CSc2nnc(N/N=C/C=C/c3ccccc3)n2N)cc1. The second kappa shape index (κ2) is 10.1. The summed E-state index contributed by atoms with van der Waals surface area (Å²) in [5.41, 5.74) is 5.67. The van der Waals surface area contributed by atoms with Crippen LogP contribution in [0.1, 0.15) is 11.1 Å². The first kappa shape index (κ1) is 20.2. The Morgan fingerprint density at radius 1 is 1.17 bits per heavy atom. The number of allylic oxidation sites excluding steroid dienone is 1. The third-order valence-electron chi connectivity index (χ3n) is 3.75. The number of hydrogen-bond donors (Lipinski definition) is 3. The quantitative estimate of drug-likeness (QED) is 0.229. The Hall–Kier alpha value is -3.59. The van der Waals surface area contributed by atoms with Crippen LogP contribution in [0.2, 0.25) is 0 Å². The van der Waals surface area contributed by atoms with Gasteiger partial charge in [0.15, 0.2) is 0 Å². The summed E-state index contributed by atoms with van der Waals surface area (Å²) in [4.78, 5) is 12.1. The molecule has 2 aromatic carbocycles. The smallest absolute Gasteiger partial charge is 0.264 e. The first-order valence-corrected chi connectivity index (χ1v) is 9.81. The van der Waals surface area contributed by atoms with Gasteiger partial charge in [-0.2, -0.15) is 5.10 Å². The zero-order chi connectivity index (χ0) is 20.5. The summed E-state index contributed by atoms with van der Waals surface area (Å²) >= 11 is 1.19. The minimum absolute atomic E-state index is 0.152. The lowest BCUT2D eigenvalue weighted by molar-refractivity contribution is -0.113. The average Bonchev–Trinajstić information content (AvgIpc) is 3.08. The maximum Gasteiger partial charge on any atom is 0.264 e. The molecule has 0 fully saturated rings. The number of rotatable bonds is 8. The Morgan fingerprint density at radius 3 is 2.69 bits per heavy atom. The van der Waals surface area contributed by atoms with Crippen LogP contribution in [0.4, 0.5) is 11.6 Å². The lowest BCUT2D eigenvalue weighted by Gasteiger charge is -2.05. The first-order chi connectivity index (χ1) is 14.1. The fourth-order valence-electron chi connectivity index (χ4n) is 2.27. The van der Waals surface area contributed by atoms with Crippen molar-refractivity contribution >= 4 is 41.6 Å². The number of nitrogens with one attached hydrogen (secondary N) is 2. The van der Waals surface area contributed by atoms with Crippen molar-refractivity contribution in [3.8, 4) is 0 Å². The van der Waals surface area contributed by atoms with Crippen LogP contribution in [-0.4, -0.2) is 32.7 Å². The second-order valence-electron chi connectivity index (χ2n) is 6.04. The van der Waals surface area contributed by atoms with E-state index in [-0.39, 0.29) is 17.6 Å². The number of carbonyl (C=O) groups is 1. The molecule has 0 radical (unpaired) electrons. The molecule has 0 atom stereocenters. The zero-order valence-electron chi connectivity index (χ0n) is 15.8. The van der Waals surface area contributed by atoms with Crippen molar-refractivity contribution < 1.29 is 4.79 Å². The van der Waals surface area contributed by atoms with Crippen LogP contribution in [0.15, 0.2) is 70.9 Å². The zero-order valence-corrected chi connectivity index (χ0v) is 16.6. The van der Waals surface area contributed by atoms with Crippen molar-refractivity contribution in [1.29, 1.82) is 0 Å². The molecular formula is C20H21N7OS. The Morgan fingerprint density at radius 2 is 1.93 bits per heavy atom. The van der Waals surface area contributed by atoms with E-state index < -0.39 is 0 Å². The molecule has 0 saturated heterocycles. The van der Waals surface area contributed by atoms with Gasteiger partial charge in [0, 0.05) is 11.9 Å². The number of amides is 1. The molecule has 3 rings (SSSR count). The van der Waals surface area contributed by atoms with Crippen molar-refractivity contribution in [2.24, 2.45) is 5.10 Å². The molecule has 1 heterocycles. The Balaban J connectivity index is 1.47. The Labute approximate surface area is 172 Å². The molecule has 8 nitrogen and oxygen atoms in total. The third kappa shape index (κ3) is 6.22. The van der Waals surface area contributed by atoms with Crippen molar-refractivity contribution in [3.05, 3.63) is 71.8 Å². The van der Waals surface area contributed by atoms with E-state index in [0.29, 0.717) is 5.16 Å². The molecule has 3 aromatic rings. The van der Waals surface area contributed by atoms with E-state index in [1.807, 2.05) is 67.6 Å². The van der Waals surface area contributed by atoms with Crippen molar-refractivity contribution in [2.75, 3.05) is 22.3 Å². The standard InChI is InChI=1S/C20H21N7OS/c1-15-9-11-17(12-10-15)23-18(28)14-29-20-26-25-19(27(20)21)24-22-13-5-8-16-6-3-2-4-7-16/h2-13H,14,21H2,1H3,(H,23,28)(H,24,25)/b8-5+,22-13+.